The number of hydrogen-bond donors (Lipinski definition) is 1. The average molecular weight is 162 g/mol. The van der Waals surface area contributed by atoms with Crippen LogP contribution in [0.3, 0.4) is 0 Å². The fraction of sp³-hybridized carbons (Fsp3) is 0.600. The molecule has 0 aliphatic rings. The predicted octanol–water partition coefficient (Wildman–Crippen LogP) is -0.387. The molecule has 0 saturated carbocycles. The van der Waals surface area contributed by atoms with Gasteiger partial charge in [-0.2, -0.15) is 0 Å². The zero-order valence-corrected chi connectivity index (χ0v) is 6.58. The monoisotopic (exact) mass is 162 g/mol. The standard InChI is InChI=1S/C5H10O4Si/c1-2-4-8-10(7)9-5-3-6/h2,6H,1,3-5H2. The molecule has 0 radical (unpaired) electrons. The molecule has 0 aliphatic carbocycles. The van der Waals surface area contributed by atoms with Gasteiger partial charge in [-0.25, -0.2) is 0 Å². The van der Waals surface area contributed by atoms with Gasteiger partial charge in [0.1, 0.15) is 0 Å². The first kappa shape index (κ1) is 9.32. The summed E-state index contributed by atoms with van der Waals surface area (Å²) >= 11 is 0. The lowest BCUT2D eigenvalue weighted by Gasteiger charge is -1.99. The maximum atomic E-state index is 10.5. The number of aliphatic hydroxyl groups is 1. The molecule has 0 saturated heterocycles. The molecule has 0 aromatic carbocycles. The van der Waals surface area contributed by atoms with Crippen LogP contribution < -0.4 is 0 Å². The van der Waals surface area contributed by atoms with E-state index in [1.807, 2.05) is 0 Å². The van der Waals surface area contributed by atoms with Crippen molar-refractivity contribution >= 4 is 9.17 Å². The minimum atomic E-state index is -2.40. The van der Waals surface area contributed by atoms with Gasteiger partial charge in [0.2, 0.25) is 0 Å². The summed E-state index contributed by atoms with van der Waals surface area (Å²) in [6.45, 7) is 3.48. The summed E-state index contributed by atoms with van der Waals surface area (Å²) in [6, 6.07) is 0. The quantitative estimate of drug-likeness (QED) is 0.427. The zero-order valence-electron chi connectivity index (χ0n) is 5.58. The second-order valence-electron chi connectivity index (χ2n) is 1.42. The van der Waals surface area contributed by atoms with Gasteiger partial charge in [0.25, 0.3) is 0 Å². The molecule has 0 rings (SSSR count). The lowest BCUT2D eigenvalue weighted by atomic mass is 10.7. The van der Waals surface area contributed by atoms with Gasteiger partial charge >= 0.3 is 9.17 Å². The first-order chi connectivity index (χ1) is 4.81. The molecule has 0 spiro atoms. The Kier molecular flexibility index (Phi) is 6.00. The Morgan fingerprint density at radius 2 is 2.30 bits per heavy atom. The molecule has 0 aromatic rings. The summed E-state index contributed by atoms with van der Waals surface area (Å²) in [5.74, 6) is 0. The molecule has 0 aromatic heterocycles. The van der Waals surface area contributed by atoms with E-state index < -0.39 is 9.17 Å². The SMILES string of the molecule is C=CCO[Si](=O)OCCO. The summed E-state index contributed by atoms with van der Waals surface area (Å²) < 4.78 is 19.7. The molecule has 0 bridgehead atoms. The lowest BCUT2D eigenvalue weighted by molar-refractivity contribution is 0.143. The minimum Gasteiger partial charge on any atom is -0.494 e. The van der Waals surface area contributed by atoms with E-state index in [9.17, 15) is 4.46 Å². The molecule has 0 aliphatic heterocycles. The highest BCUT2D eigenvalue weighted by atomic mass is 28.3. The first-order valence-electron chi connectivity index (χ1n) is 2.82. The first-order valence-corrected chi connectivity index (χ1v) is 4.05. The van der Waals surface area contributed by atoms with E-state index >= 15 is 0 Å². The van der Waals surface area contributed by atoms with Gasteiger partial charge in [0.15, 0.2) is 0 Å². The van der Waals surface area contributed by atoms with Gasteiger partial charge in [0.05, 0.1) is 19.8 Å². The van der Waals surface area contributed by atoms with Gasteiger partial charge < -0.3 is 14.0 Å². The third kappa shape index (κ3) is 5.45. The third-order valence-corrected chi connectivity index (χ3v) is 1.47. The molecule has 0 fully saturated rings. The Labute approximate surface area is 61.0 Å². The highest BCUT2D eigenvalue weighted by molar-refractivity contribution is 6.26. The van der Waals surface area contributed by atoms with Crippen LogP contribution in [0.5, 0.6) is 0 Å². The maximum Gasteiger partial charge on any atom is 0.767 e. The topological polar surface area (TPSA) is 55.8 Å². The van der Waals surface area contributed by atoms with Crippen molar-refractivity contribution < 1.29 is 18.4 Å². The van der Waals surface area contributed by atoms with Crippen LogP contribution in [0.25, 0.3) is 0 Å². The van der Waals surface area contributed by atoms with Crippen molar-refractivity contribution in [1.82, 2.24) is 0 Å². The Balaban J connectivity index is 3.16. The molecule has 10 heavy (non-hydrogen) atoms. The molecular weight excluding hydrogens is 152 g/mol. The molecule has 4 nitrogen and oxygen atoms in total. The summed E-state index contributed by atoms with van der Waals surface area (Å²) in [7, 11) is -2.40. The zero-order chi connectivity index (χ0) is 7.82. The second-order valence-corrected chi connectivity index (χ2v) is 2.50. The van der Waals surface area contributed by atoms with Gasteiger partial charge in [-0.1, -0.05) is 12.7 Å². The normalized spacial score (nSPS) is 8.50. The van der Waals surface area contributed by atoms with Gasteiger partial charge in [0, 0.05) is 0 Å². The molecule has 58 valence electrons. The Bertz CT molecular complexity index is 114. The number of hydrogen-bond acceptors (Lipinski definition) is 4. The molecule has 1 N–H and O–H groups in total. The minimum absolute atomic E-state index is 0.0505. The van der Waals surface area contributed by atoms with Crippen LogP contribution in [0.2, 0.25) is 0 Å². The van der Waals surface area contributed by atoms with Crippen LogP contribution in [0.1, 0.15) is 0 Å². The van der Waals surface area contributed by atoms with E-state index in [1.165, 1.54) is 6.08 Å². The highest BCUT2D eigenvalue weighted by Gasteiger charge is 2.07. The van der Waals surface area contributed by atoms with Crippen LogP contribution in [0, 0.1) is 0 Å². The summed E-state index contributed by atoms with van der Waals surface area (Å²) in [5, 5.41) is 8.22. The van der Waals surface area contributed by atoms with Crippen molar-refractivity contribution in [3.05, 3.63) is 12.7 Å². The van der Waals surface area contributed by atoms with Crippen molar-refractivity contribution in [3.63, 3.8) is 0 Å². The highest BCUT2D eigenvalue weighted by Crippen LogP contribution is 1.78. The second kappa shape index (κ2) is 6.44. The van der Waals surface area contributed by atoms with E-state index in [0.717, 1.165) is 0 Å². The fourth-order valence-corrected chi connectivity index (χ4v) is 0.893. The van der Waals surface area contributed by atoms with Crippen molar-refractivity contribution in [3.8, 4) is 0 Å². The molecule has 5 heteroatoms. The predicted molar refractivity (Wildman–Crippen MR) is 35.6 cm³/mol. The molecule has 0 atom stereocenters. The maximum absolute atomic E-state index is 10.5. The van der Waals surface area contributed by atoms with Crippen LogP contribution in [-0.2, 0) is 13.3 Å². The number of rotatable bonds is 6. The van der Waals surface area contributed by atoms with Crippen LogP contribution in [0.4, 0.5) is 0 Å². The lowest BCUT2D eigenvalue weighted by Crippen LogP contribution is -2.14. The van der Waals surface area contributed by atoms with E-state index in [1.54, 1.807) is 0 Å². The van der Waals surface area contributed by atoms with E-state index in [4.69, 9.17) is 5.11 Å². The van der Waals surface area contributed by atoms with Crippen molar-refractivity contribution in [2.24, 2.45) is 0 Å². The third-order valence-electron chi connectivity index (χ3n) is 0.630. The number of aliphatic hydroxyl groups excluding tert-OH is 1. The Morgan fingerprint density at radius 3 is 2.80 bits per heavy atom. The Hall–Kier alpha value is -0.683. The van der Waals surface area contributed by atoms with E-state index in [2.05, 4.69) is 15.4 Å². The molecule has 0 unspecified atom stereocenters. The summed E-state index contributed by atoms with van der Waals surface area (Å²) in [6.07, 6.45) is 1.48. The van der Waals surface area contributed by atoms with Gasteiger partial charge in [-0.3, -0.25) is 4.46 Å². The fourth-order valence-electron chi connectivity index (χ4n) is 0.298. The average Bonchev–Trinajstić information content (AvgIpc) is 1.97. The van der Waals surface area contributed by atoms with Gasteiger partial charge in [-0.05, 0) is 0 Å². The van der Waals surface area contributed by atoms with Gasteiger partial charge in [-0.15, -0.1) is 0 Å². The largest absolute Gasteiger partial charge is 0.767 e. The summed E-state index contributed by atoms with van der Waals surface area (Å²) in [5.41, 5.74) is 0. The summed E-state index contributed by atoms with van der Waals surface area (Å²) in [4.78, 5) is 0. The van der Waals surface area contributed by atoms with Crippen LogP contribution in [0.15, 0.2) is 12.7 Å². The van der Waals surface area contributed by atoms with Crippen molar-refractivity contribution in [2.75, 3.05) is 19.8 Å². The van der Waals surface area contributed by atoms with Crippen LogP contribution >= 0.6 is 0 Å². The van der Waals surface area contributed by atoms with Crippen molar-refractivity contribution in [1.29, 1.82) is 0 Å². The van der Waals surface area contributed by atoms with Crippen LogP contribution in [-0.4, -0.2) is 34.1 Å². The van der Waals surface area contributed by atoms with E-state index in [-0.39, 0.29) is 19.8 Å². The smallest absolute Gasteiger partial charge is 0.494 e. The van der Waals surface area contributed by atoms with E-state index in [0.29, 0.717) is 0 Å². The Morgan fingerprint density at radius 1 is 1.60 bits per heavy atom. The molecule has 0 heterocycles. The van der Waals surface area contributed by atoms with Crippen molar-refractivity contribution in [2.45, 2.75) is 0 Å². The molecule has 0 amide bonds. The molecular formula is C5H10O4Si.